The summed E-state index contributed by atoms with van der Waals surface area (Å²) in [4.78, 5) is 48.5. The third-order valence-electron chi connectivity index (χ3n) is 6.76. The molecule has 1 aromatic rings. The van der Waals surface area contributed by atoms with Gasteiger partial charge in [0.25, 0.3) is 5.69 Å². The second-order valence-corrected chi connectivity index (χ2v) is 7.98. The number of carboxylic acids is 1. The number of imide groups is 1. The quantitative estimate of drug-likeness (QED) is 0.455. The molecule has 4 aliphatic rings. The highest BCUT2D eigenvalue weighted by Gasteiger charge is 2.70. The van der Waals surface area contributed by atoms with Gasteiger partial charge in [-0.2, -0.15) is 5.11 Å². The first kappa shape index (κ1) is 17.7. The van der Waals surface area contributed by atoms with Crippen LogP contribution in [0.1, 0.15) is 13.3 Å². The molecule has 0 radical (unpaired) electrons. The molecule has 2 bridgehead atoms. The van der Waals surface area contributed by atoms with Gasteiger partial charge in [-0.3, -0.25) is 24.6 Å². The van der Waals surface area contributed by atoms with Crippen LogP contribution in [0.4, 0.5) is 11.4 Å². The smallest absolute Gasteiger partial charge is 0.326 e. The van der Waals surface area contributed by atoms with Crippen molar-refractivity contribution in [3.8, 4) is 0 Å². The summed E-state index contributed by atoms with van der Waals surface area (Å²) in [5.74, 6) is -3.54. The van der Waals surface area contributed by atoms with E-state index in [2.05, 4.69) is 10.3 Å². The number of likely N-dealkylation sites (tertiary alicyclic amines) is 1. The molecule has 29 heavy (non-hydrogen) atoms. The molecule has 2 heterocycles. The molecule has 0 spiro atoms. The molecule has 7 atom stereocenters. The van der Waals surface area contributed by atoms with Gasteiger partial charge in [0.15, 0.2) is 0 Å². The van der Waals surface area contributed by atoms with Gasteiger partial charge in [0.1, 0.15) is 6.04 Å². The first-order valence-corrected chi connectivity index (χ1v) is 9.35. The Balaban J connectivity index is 1.45. The summed E-state index contributed by atoms with van der Waals surface area (Å²) in [5.41, 5.74) is 0.591. The van der Waals surface area contributed by atoms with Gasteiger partial charge in [-0.25, -0.2) is 9.80 Å². The van der Waals surface area contributed by atoms with Gasteiger partial charge in [0, 0.05) is 12.1 Å². The van der Waals surface area contributed by atoms with E-state index in [1.165, 1.54) is 19.1 Å². The molecule has 1 saturated heterocycles. The fourth-order valence-electron chi connectivity index (χ4n) is 5.55. The van der Waals surface area contributed by atoms with Crippen LogP contribution in [0, 0.1) is 33.8 Å². The predicted octanol–water partition coefficient (Wildman–Crippen LogP) is 1.24. The minimum Gasteiger partial charge on any atom is -0.480 e. The molecule has 2 saturated carbocycles. The third-order valence-corrected chi connectivity index (χ3v) is 6.76. The van der Waals surface area contributed by atoms with Gasteiger partial charge in [-0.05, 0) is 37.3 Å². The van der Waals surface area contributed by atoms with Crippen molar-refractivity contribution in [1.29, 1.82) is 0 Å². The maximum absolute atomic E-state index is 13.0. The lowest BCUT2D eigenvalue weighted by Crippen LogP contribution is -2.47. The molecule has 2 aliphatic heterocycles. The Hall–Kier alpha value is -3.37. The van der Waals surface area contributed by atoms with Crippen molar-refractivity contribution in [3.05, 3.63) is 34.4 Å². The van der Waals surface area contributed by atoms with E-state index in [-0.39, 0.29) is 29.6 Å². The summed E-state index contributed by atoms with van der Waals surface area (Å²) in [6.07, 6.45) is 0.653. The molecule has 2 amide bonds. The Morgan fingerprint density at radius 1 is 1.21 bits per heavy atom. The number of anilines is 1. The van der Waals surface area contributed by atoms with E-state index in [4.69, 9.17) is 0 Å². The Labute approximate surface area is 164 Å². The Kier molecular flexibility index (Phi) is 3.55. The number of carbonyl (C=O) groups excluding carboxylic acids is 2. The highest BCUT2D eigenvalue weighted by atomic mass is 16.6. The number of fused-ring (bicyclic) bond motifs is 8. The van der Waals surface area contributed by atoms with Crippen LogP contribution in [-0.4, -0.2) is 50.8 Å². The zero-order valence-electron chi connectivity index (χ0n) is 15.3. The highest BCUT2D eigenvalue weighted by Crippen LogP contribution is 2.60. The second kappa shape index (κ2) is 5.82. The number of amides is 2. The molecular formula is C18H17N5O6. The lowest BCUT2D eigenvalue weighted by atomic mass is 9.76. The van der Waals surface area contributed by atoms with Crippen LogP contribution in [0.5, 0.6) is 0 Å². The number of nitro benzene ring substituents is 1. The van der Waals surface area contributed by atoms with Gasteiger partial charge in [-0.1, -0.05) is 5.22 Å². The average molecular weight is 399 g/mol. The second-order valence-electron chi connectivity index (χ2n) is 7.98. The van der Waals surface area contributed by atoms with E-state index < -0.39 is 40.6 Å². The molecule has 0 aromatic heterocycles. The first-order valence-electron chi connectivity index (χ1n) is 9.35. The number of non-ortho nitro benzene ring substituents is 1. The van der Waals surface area contributed by atoms with E-state index >= 15 is 0 Å². The van der Waals surface area contributed by atoms with Crippen LogP contribution in [0.25, 0.3) is 0 Å². The molecule has 5 rings (SSSR count). The van der Waals surface area contributed by atoms with Crippen LogP contribution in [-0.2, 0) is 14.4 Å². The maximum Gasteiger partial charge on any atom is 0.326 e. The zero-order chi connectivity index (χ0) is 20.6. The van der Waals surface area contributed by atoms with Gasteiger partial charge < -0.3 is 5.11 Å². The molecule has 150 valence electrons. The summed E-state index contributed by atoms with van der Waals surface area (Å²) < 4.78 is 0. The van der Waals surface area contributed by atoms with Crippen molar-refractivity contribution in [3.63, 3.8) is 0 Å². The number of nitrogens with zero attached hydrogens (tertiary/aromatic N) is 5. The van der Waals surface area contributed by atoms with Crippen molar-refractivity contribution in [2.45, 2.75) is 31.5 Å². The molecule has 3 fully saturated rings. The Morgan fingerprint density at radius 2 is 1.83 bits per heavy atom. The van der Waals surface area contributed by atoms with Gasteiger partial charge >= 0.3 is 5.97 Å². The monoisotopic (exact) mass is 399 g/mol. The molecule has 1 N–H and O–H groups in total. The summed E-state index contributed by atoms with van der Waals surface area (Å²) in [6, 6.07) is 4.26. The summed E-state index contributed by atoms with van der Waals surface area (Å²) in [6.45, 7) is 1.34. The maximum atomic E-state index is 13.0. The zero-order valence-corrected chi connectivity index (χ0v) is 15.3. The number of hydrogen-bond donors (Lipinski definition) is 1. The van der Waals surface area contributed by atoms with Crippen molar-refractivity contribution in [2.75, 3.05) is 5.01 Å². The van der Waals surface area contributed by atoms with Crippen LogP contribution < -0.4 is 5.01 Å². The van der Waals surface area contributed by atoms with Crippen molar-refractivity contribution >= 4 is 29.2 Å². The topological polar surface area (TPSA) is 146 Å². The molecule has 1 aromatic carbocycles. The van der Waals surface area contributed by atoms with Crippen molar-refractivity contribution in [1.82, 2.24) is 4.90 Å². The average Bonchev–Trinajstić information content (AvgIpc) is 3.41. The van der Waals surface area contributed by atoms with Crippen LogP contribution >= 0.6 is 0 Å². The molecule has 2 aliphatic carbocycles. The number of carbonyl (C=O) groups is 3. The highest BCUT2D eigenvalue weighted by molar-refractivity contribution is 6.08. The first-order chi connectivity index (χ1) is 13.8. The number of carboxylic acid groups (broad SMARTS) is 1. The van der Waals surface area contributed by atoms with E-state index in [0.717, 1.165) is 4.90 Å². The van der Waals surface area contributed by atoms with Gasteiger partial charge in [0.2, 0.25) is 11.8 Å². The fraction of sp³-hybridized carbons (Fsp3) is 0.500. The van der Waals surface area contributed by atoms with Gasteiger partial charge in [-0.15, -0.1) is 0 Å². The summed E-state index contributed by atoms with van der Waals surface area (Å²) >= 11 is 0. The number of rotatable bonds is 4. The summed E-state index contributed by atoms with van der Waals surface area (Å²) in [7, 11) is 0. The minimum absolute atomic E-state index is 0.0377. The van der Waals surface area contributed by atoms with E-state index in [0.29, 0.717) is 12.1 Å². The number of benzene rings is 1. The largest absolute Gasteiger partial charge is 0.480 e. The normalized spacial score (nSPS) is 35.2. The van der Waals surface area contributed by atoms with Gasteiger partial charge in [0.05, 0.1) is 34.5 Å². The predicted molar refractivity (Wildman–Crippen MR) is 95.5 cm³/mol. The molecule has 11 nitrogen and oxygen atoms in total. The Bertz CT molecular complexity index is 977. The molecular weight excluding hydrogens is 382 g/mol. The number of hydrogen-bond acceptors (Lipinski definition) is 8. The van der Waals surface area contributed by atoms with E-state index in [9.17, 15) is 29.6 Å². The number of aliphatic carboxylic acids is 1. The van der Waals surface area contributed by atoms with Crippen molar-refractivity contribution < 1.29 is 24.4 Å². The van der Waals surface area contributed by atoms with E-state index in [1.54, 1.807) is 17.1 Å². The van der Waals surface area contributed by atoms with Crippen LogP contribution in [0.15, 0.2) is 34.6 Å². The van der Waals surface area contributed by atoms with Crippen LogP contribution in [0.3, 0.4) is 0 Å². The Morgan fingerprint density at radius 3 is 2.41 bits per heavy atom. The minimum atomic E-state index is -1.22. The molecule has 0 unspecified atom stereocenters. The van der Waals surface area contributed by atoms with Crippen LogP contribution in [0.2, 0.25) is 0 Å². The SMILES string of the molecule is C[C@H](C(=O)O)N1C(=O)[C@@H]2[C@@H]3C[C@@H]([C@@H]2C1=O)[C@@H]1[C@@H]3N=NN1c1ccc([N+](=O)[O-])cc1. The molecule has 11 heteroatoms. The van der Waals surface area contributed by atoms with E-state index in [1.807, 2.05) is 0 Å². The lowest BCUT2D eigenvalue weighted by Gasteiger charge is -2.33. The standard InChI is InChI=1S/C18H17N5O6/c1-7(18(26)27)21-16(24)12-10-6-11(13(12)17(21)25)15-14(10)19-20-22(15)8-2-4-9(5-3-8)23(28)29/h2-5,7,10-15H,6H2,1H3,(H,26,27)/t7-,10+,11+,12-,13+,14-,15-/m1/s1. The van der Waals surface area contributed by atoms with Crippen molar-refractivity contribution in [2.24, 2.45) is 34.0 Å². The lowest BCUT2D eigenvalue weighted by molar-refractivity contribution is -0.384. The summed E-state index contributed by atoms with van der Waals surface area (Å²) in [5, 5.41) is 30.4. The number of nitro groups is 1. The third kappa shape index (κ3) is 2.21. The fourth-order valence-corrected chi connectivity index (χ4v) is 5.55.